The quantitative estimate of drug-likeness (QED) is 0.748. The summed E-state index contributed by atoms with van der Waals surface area (Å²) in [6, 6.07) is 5.64. The Hall–Kier alpha value is -1.85. The molecule has 0 spiro atoms. The lowest BCUT2D eigenvalue weighted by Crippen LogP contribution is -2.26. The van der Waals surface area contributed by atoms with Gasteiger partial charge in [-0.1, -0.05) is 11.6 Å². The molecule has 5 rings (SSSR count). The minimum Gasteiger partial charge on any atom is -0.450 e. The molecule has 5 nitrogen and oxygen atoms in total. The molecule has 4 heterocycles. The zero-order chi connectivity index (χ0) is 14.7. The second-order valence-electron chi connectivity index (χ2n) is 6.20. The molecule has 0 saturated carbocycles. The molecule has 6 heteroatoms. The molecule has 0 aliphatic carbocycles. The van der Waals surface area contributed by atoms with Crippen molar-refractivity contribution in [3.63, 3.8) is 0 Å². The Kier molecular flexibility index (Phi) is 2.63. The molecule has 112 valence electrons. The van der Waals surface area contributed by atoms with Crippen LogP contribution in [0.5, 0.6) is 0 Å². The Morgan fingerprint density at radius 1 is 1.18 bits per heavy atom. The van der Waals surface area contributed by atoms with E-state index in [1.54, 1.807) is 6.33 Å². The average molecular weight is 315 g/mol. The van der Waals surface area contributed by atoms with E-state index in [-0.39, 0.29) is 0 Å². The maximum Gasteiger partial charge on any atom is 0.196 e. The van der Waals surface area contributed by atoms with E-state index in [2.05, 4.69) is 20.2 Å². The van der Waals surface area contributed by atoms with Gasteiger partial charge in [-0.05, 0) is 30.0 Å². The molecule has 1 aromatic carbocycles. The minimum atomic E-state index is 0.692. The zero-order valence-electron chi connectivity index (χ0n) is 11.9. The van der Waals surface area contributed by atoms with Gasteiger partial charge in [0, 0.05) is 36.6 Å². The molecular weight excluding hydrogens is 300 g/mol. The van der Waals surface area contributed by atoms with Crippen LogP contribution in [0.2, 0.25) is 5.02 Å². The van der Waals surface area contributed by atoms with Crippen LogP contribution in [0.15, 0.2) is 28.9 Å². The first kappa shape index (κ1) is 12.7. The molecule has 1 N–H and O–H groups in total. The van der Waals surface area contributed by atoms with Crippen LogP contribution < -0.4 is 10.2 Å². The fraction of sp³-hybridized carbons (Fsp3) is 0.375. The molecule has 22 heavy (non-hydrogen) atoms. The lowest BCUT2D eigenvalue weighted by Gasteiger charge is -2.18. The van der Waals surface area contributed by atoms with Crippen LogP contribution in [-0.4, -0.2) is 36.1 Å². The van der Waals surface area contributed by atoms with Gasteiger partial charge in [-0.2, -0.15) is 0 Å². The largest absolute Gasteiger partial charge is 0.450 e. The molecule has 0 amide bonds. The summed E-state index contributed by atoms with van der Waals surface area (Å²) in [7, 11) is 0. The third-order valence-electron chi connectivity index (χ3n) is 4.88. The van der Waals surface area contributed by atoms with Crippen LogP contribution in [-0.2, 0) is 0 Å². The standard InChI is InChI=1S/C16H15ClN4O/c17-11-1-2-13-12(3-11)14-15(22-13)16(20-8-19-14)21-6-9-4-18-5-10(9)7-21/h1-3,8-10,18H,4-7H2/t9-,10+. The summed E-state index contributed by atoms with van der Waals surface area (Å²) in [6.45, 7) is 4.26. The molecular formula is C16H15ClN4O. The summed E-state index contributed by atoms with van der Waals surface area (Å²) >= 11 is 6.11. The summed E-state index contributed by atoms with van der Waals surface area (Å²) in [5, 5.41) is 5.11. The Morgan fingerprint density at radius 3 is 2.82 bits per heavy atom. The zero-order valence-corrected chi connectivity index (χ0v) is 12.7. The highest BCUT2D eigenvalue weighted by Crippen LogP contribution is 2.37. The molecule has 0 bridgehead atoms. The molecule has 0 radical (unpaired) electrons. The van der Waals surface area contributed by atoms with Crippen LogP contribution in [0, 0.1) is 11.8 Å². The molecule has 2 aliphatic rings. The van der Waals surface area contributed by atoms with Gasteiger partial charge >= 0.3 is 0 Å². The maximum atomic E-state index is 6.11. The van der Waals surface area contributed by atoms with Crippen molar-refractivity contribution in [3.05, 3.63) is 29.5 Å². The summed E-state index contributed by atoms with van der Waals surface area (Å²) < 4.78 is 6.03. The number of hydrogen-bond donors (Lipinski definition) is 1. The molecule has 2 aromatic heterocycles. The Labute approximate surface area is 132 Å². The summed E-state index contributed by atoms with van der Waals surface area (Å²) in [5.74, 6) is 2.33. The van der Waals surface area contributed by atoms with Crippen LogP contribution in [0.4, 0.5) is 5.82 Å². The highest BCUT2D eigenvalue weighted by atomic mass is 35.5. The number of aromatic nitrogens is 2. The number of anilines is 1. The molecule has 0 unspecified atom stereocenters. The summed E-state index contributed by atoms with van der Waals surface area (Å²) in [4.78, 5) is 11.3. The number of nitrogens with one attached hydrogen (secondary N) is 1. The minimum absolute atomic E-state index is 0.692. The third kappa shape index (κ3) is 1.76. The Bertz CT molecular complexity index is 865. The van der Waals surface area contributed by atoms with Gasteiger partial charge in [-0.3, -0.25) is 0 Å². The number of fused-ring (bicyclic) bond motifs is 4. The van der Waals surface area contributed by atoms with Gasteiger partial charge in [0.05, 0.1) is 0 Å². The van der Waals surface area contributed by atoms with Gasteiger partial charge in [-0.25, -0.2) is 9.97 Å². The number of benzene rings is 1. The predicted molar refractivity (Wildman–Crippen MR) is 86.4 cm³/mol. The smallest absolute Gasteiger partial charge is 0.196 e. The van der Waals surface area contributed by atoms with Gasteiger partial charge in [0.2, 0.25) is 0 Å². The summed E-state index contributed by atoms with van der Waals surface area (Å²) in [6.07, 6.45) is 1.62. The topological polar surface area (TPSA) is 54.2 Å². The first-order valence-electron chi connectivity index (χ1n) is 7.58. The number of rotatable bonds is 1. The lowest BCUT2D eigenvalue weighted by molar-refractivity contribution is 0.533. The maximum absolute atomic E-state index is 6.11. The van der Waals surface area contributed by atoms with Gasteiger partial charge in [0.15, 0.2) is 11.4 Å². The van der Waals surface area contributed by atoms with E-state index in [9.17, 15) is 0 Å². The van der Waals surface area contributed by atoms with E-state index >= 15 is 0 Å². The molecule has 2 saturated heterocycles. The van der Waals surface area contributed by atoms with E-state index in [0.29, 0.717) is 16.9 Å². The van der Waals surface area contributed by atoms with Crippen molar-refractivity contribution in [2.45, 2.75) is 0 Å². The fourth-order valence-electron chi connectivity index (χ4n) is 3.79. The van der Waals surface area contributed by atoms with Crippen molar-refractivity contribution < 1.29 is 4.42 Å². The van der Waals surface area contributed by atoms with E-state index in [1.165, 1.54) is 0 Å². The lowest BCUT2D eigenvalue weighted by atomic mass is 10.0. The van der Waals surface area contributed by atoms with Crippen molar-refractivity contribution in [2.24, 2.45) is 11.8 Å². The molecule has 3 aromatic rings. The van der Waals surface area contributed by atoms with Crippen LogP contribution >= 0.6 is 11.6 Å². The van der Waals surface area contributed by atoms with Crippen LogP contribution in [0.25, 0.3) is 22.1 Å². The highest BCUT2D eigenvalue weighted by molar-refractivity contribution is 6.31. The van der Waals surface area contributed by atoms with E-state index in [4.69, 9.17) is 16.0 Å². The number of halogens is 1. The van der Waals surface area contributed by atoms with Crippen molar-refractivity contribution in [1.82, 2.24) is 15.3 Å². The van der Waals surface area contributed by atoms with E-state index in [1.807, 2.05) is 18.2 Å². The van der Waals surface area contributed by atoms with Gasteiger partial charge in [-0.15, -0.1) is 0 Å². The fourth-order valence-corrected chi connectivity index (χ4v) is 3.96. The van der Waals surface area contributed by atoms with E-state index < -0.39 is 0 Å². The van der Waals surface area contributed by atoms with Crippen LogP contribution in [0.3, 0.4) is 0 Å². The van der Waals surface area contributed by atoms with Crippen molar-refractivity contribution >= 4 is 39.5 Å². The van der Waals surface area contributed by atoms with E-state index in [0.717, 1.165) is 54.1 Å². The van der Waals surface area contributed by atoms with Crippen molar-refractivity contribution in [1.29, 1.82) is 0 Å². The highest BCUT2D eigenvalue weighted by Gasteiger charge is 2.37. The number of nitrogens with zero attached hydrogens (tertiary/aromatic N) is 3. The summed E-state index contributed by atoms with van der Waals surface area (Å²) in [5.41, 5.74) is 2.42. The van der Waals surface area contributed by atoms with Gasteiger partial charge in [0.25, 0.3) is 0 Å². The van der Waals surface area contributed by atoms with Gasteiger partial charge in [0.1, 0.15) is 17.4 Å². The average Bonchev–Trinajstić information content (AvgIpc) is 3.18. The SMILES string of the molecule is Clc1ccc2oc3c(N4C[C@H]5CNC[C@H]5C4)ncnc3c2c1. The second-order valence-corrected chi connectivity index (χ2v) is 6.64. The monoisotopic (exact) mass is 314 g/mol. The molecule has 2 aliphatic heterocycles. The van der Waals surface area contributed by atoms with Gasteiger partial charge < -0.3 is 14.6 Å². The Balaban J connectivity index is 1.66. The second kappa shape index (κ2) is 4.57. The Morgan fingerprint density at radius 2 is 2.00 bits per heavy atom. The third-order valence-corrected chi connectivity index (χ3v) is 5.12. The van der Waals surface area contributed by atoms with Crippen molar-refractivity contribution in [2.75, 3.05) is 31.1 Å². The normalized spacial score (nSPS) is 24.5. The number of hydrogen-bond acceptors (Lipinski definition) is 5. The first-order valence-corrected chi connectivity index (χ1v) is 7.96. The van der Waals surface area contributed by atoms with Crippen LogP contribution in [0.1, 0.15) is 0 Å². The number of furan rings is 1. The predicted octanol–water partition coefficient (Wildman–Crippen LogP) is 2.69. The van der Waals surface area contributed by atoms with Crippen molar-refractivity contribution in [3.8, 4) is 0 Å². The first-order chi connectivity index (χ1) is 10.8. The molecule has 2 atom stereocenters. The molecule has 2 fully saturated rings.